The number of esters is 1. The highest BCUT2D eigenvalue weighted by Crippen LogP contribution is 2.31. The van der Waals surface area contributed by atoms with Crippen LogP contribution in [-0.2, 0) is 9.53 Å². The fourth-order valence-corrected chi connectivity index (χ4v) is 1.52. The van der Waals surface area contributed by atoms with E-state index in [1.54, 1.807) is 6.92 Å². The van der Waals surface area contributed by atoms with Crippen molar-refractivity contribution in [3.8, 4) is 5.75 Å². The number of nitro benzene ring substituents is 1. The first-order valence-corrected chi connectivity index (χ1v) is 5.91. The molecule has 0 heterocycles. The molecule has 0 amide bonds. The fraction of sp³-hybridized carbons (Fsp3) is 0.417. The number of halogens is 1. The van der Waals surface area contributed by atoms with Gasteiger partial charge in [-0.3, -0.25) is 14.9 Å². The Hall–Kier alpha value is -2.38. The Labute approximate surface area is 114 Å². The first kappa shape index (κ1) is 15.7. The monoisotopic (exact) mass is 286 g/mol. The molecule has 1 aromatic rings. The van der Waals surface area contributed by atoms with E-state index in [4.69, 9.17) is 9.47 Å². The third-order valence-corrected chi connectivity index (χ3v) is 2.42. The summed E-state index contributed by atoms with van der Waals surface area (Å²) >= 11 is 0. The van der Waals surface area contributed by atoms with Gasteiger partial charge in [0.25, 0.3) is 5.69 Å². The van der Waals surface area contributed by atoms with E-state index in [0.29, 0.717) is 0 Å². The molecule has 1 aromatic carbocycles. The van der Waals surface area contributed by atoms with Gasteiger partial charge >= 0.3 is 5.97 Å². The van der Waals surface area contributed by atoms with Gasteiger partial charge in [0.2, 0.25) is 0 Å². The predicted molar refractivity (Wildman–Crippen MR) is 69.3 cm³/mol. The van der Waals surface area contributed by atoms with Crippen molar-refractivity contribution in [3.05, 3.63) is 28.1 Å². The van der Waals surface area contributed by atoms with E-state index < -0.39 is 22.4 Å². The van der Waals surface area contributed by atoms with Crippen molar-refractivity contribution < 1.29 is 23.6 Å². The summed E-state index contributed by atoms with van der Waals surface area (Å²) in [6.45, 7) is 2.08. The number of carbonyl (C=O) groups excluding carboxylic acids is 1. The highest BCUT2D eigenvalue weighted by Gasteiger charge is 2.19. The van der Waals surface area contributed by atoms with Gasteiger partial charge in [-0.25, -0.2) is 4.39 Å². The van der Waals surface area contributed by atoms with Crippen LogP contribution in [0.2, 0.25) is 0 Å². The standard InChI is InChI=1S/C12H15FN2O5/c1-3-20-12(16)4-5-14-9-7-11(19-2)8(13)6-10(9)15(17)18/h6-7,14H,3-5H2,1-2H3. The van der Waals surface area contributed by atoms with E-state index in [9.17, 15) is 19.3 Å². The van der Waals surface area contributed by atoms with Gasteiger partial charge in [-0.1, -0.05) is 0 Å². The molecular formula is C12H15FN2O5. The topological polar surface area (TPSA) is 90.7 Å². The van der Waals surface area contributed by atoms with E-state index in [0.717, 1.165) is 6.07 Å². The summed E-state index contributed by atoms with van der Waals surface area (Å²) in [5.74, 6) is -1.36. The van der Waals surface area contributed by atoms with Crippen molar-refractivity contribution >= 4 is 17.3 Å². The van der Waals surface area contributed by atoms with Gasteiger partial charge in [-0.05, 0) is 6.92 Å². The third-order valence-electron chi connectivity index (χ3n) is 2.42. The number of methoxy groups -OCH3 is 1. The first-order valence-electron chi connectivity index (χ1n) is 5.91. The number of nitro groups is 1. The molecule has 8 heteroatoms. The van der Waals surface area contributed by atoms with Crippen molar-refractivity contribution in [3.63, 3.8) is 0 Å². The average Bonchev–Trinajstić information content (AvgIpc) is 2.40. The first-order chi connectivity index (χ1) is 9.49. The fourth-order valence-electron chi connectivity index (χ4n) is 1.52. The van der Waals surface area contributed by atoms with E-state index in [1.807, 2.05) is 0 Å². The van der Waals surface area contributed by atoms with E-state index >= 15 is 0 Å². The maximum atomic E-state index is 13.4. The zero-order chi connectivity index (χ0) is 15.1. The van der Waals surface area contributed by atoms with Crippen LogP contribution in [0.4, 0.5) is 15.8 Å². The number of nitrogens with zero attached hydrogens (tertiary/aromatic N) is 1. The van der Waals surface area contributed by atoms with Gasteiger partial charge < -0.3 is 14.8 Å². The van der Waals surface area contributed by atoms with Gasteiger partial charge in [0.1, 0.15) is 5.69 Å². The second-order valence-corrected chi connectivity index (χ2v) is 3.74. The van der Waals surface area contributed by atoms with Crippen molar-refractivity contribution in [2.24, 2.45) is 0 Å². The molecular weight excluding hydrogens is 271 g/mol. The summed E-state index contributed by atoms with van der Waals surface area (Å²) in [7, 11) is 1.26. The minimum absolute atomic E-state index is 0.0463. The predicted octanol–water partition coefficient (Wildman–Crippen LogP) is 2.11. The number of nitrogens with one attached hydrogen (secondary N) is 1. The van der Waals surface area contributed by atoms with Gasteiger partial charge in [-0.2, -0.15) is 0 Å². The minimum atomic E-state index is -0.824. The zero-order valence-corrected chi connectivity index (χ0v) is 11.1. The summed E-state index contributed by atoms with van der Waals surface area (Å²) in [5, 5.41) is 13.5. The summed E-state index contributed by atoms with van der Waals surface area (Å²) in [5.41, 5.74) is -0.343. The number of rotatable bonds is 7. The molecule has 110 valence electrons. The molecule has 20 heavy (non-hydrogen) atoms. The Bertz CT molecular complexity index is 507. The number of benzene rings is 1. The minimum Gasteiger partial charge on any atom is -0.494 e. The molecule has 0 bridgehead atoms. The molecule has 0 atom stereocenters. The molecule has 0 aliphatic rings. The molecule has 0 aliphatic heterocycles. The summed E-state index contributed by atoms with van der Waals surface area (Å²) in [6.07, 6.45) is 0.0463. The normalized spacial score (nSPS) is 9.95. The van der Waals surface area contributed by atoms with Crippen LogP contribution in [0.5, 0.6) is 5.75 Å². The quantitative estimate of drug-likeness (QED) is 0.469. The highest BCUT2D eigenvalue weighted by atomic mass is 19.1. The van der Waals surface area contributed by atoms with Crippen LogP contribution in [0, 0.1) is 15.9 Å². The van der Waals surface area contributed by atoms with E-state index in [2.05, 4.69) is 5.32 Å². The maximum Gasteiger partial charge on any atom is 0.307 e. The largest absolute Gasteiger partial charge is 0.494 e. The molecule has 1 rings (SSSR count). The lowest BCUT2D eigenvalue weighted by Crippen LogP contribution is -2.12. The van der Waals surface area contributed by atoms with Crippen LogP contribution >= 0.6 is 0 Å². The number of anilines is 1. The molecule has 0 saturated carbocycles. The second-order valence-electron chi connectivity index (χ2n) is 3.74. The summed E-state index contributed by atoms with van der Waals surface area (Å²) < 4.78 is 22.9. The Balaban J connectivity index is 2.82. The second kappa shape index (κ2) is 7.27. The van der Waals surface area contributed by atoms with Crippen molar-refractivity contribution in [1.82, 2.24) is 0 Å². The molecule has 0 fully saturated rings. The molecule has 0 aliphatic carbocycles. The van der Waals surface area contributed by atoms with E-state index in [-0.39, 0.29) is 31.0 Å². The molecule has 1 N–H and O–H groups in total. The number of hydrogen-bond acceptors (Lipinski definition) is 6. The van der Waals surface area contributed by atoms with Crippen molar-refractivity contribution in [2.45, 2.75) is 13.3 Å². The van der Waals surface area contributed by atoms with Crippen LogP contribution in [-0.4, -0.2) is 31.2 Å². The van der Waals surface area contributed by atoms with Crippen molar-refractivity contribution in [2.75, 3.05) is 25.6 Å². The van der Waals surface area contributed by atoms with Gasteiger partial charge in [0.05, 0.1) is 31.1 Å². The van der Waals surface area contributed by atoms with Crippen LogP contribution in [0.15, 0.2) is 12.1 Å². The van der Waals surface area contributed by atoms with Crippen LogP contribution in [0.25, 0.3) is 0 Å². The lowest BCUT2D eigenvalue weighted by Gasteiger charge is -2.09. The SMILES string of the molecule is CCOC(=O)CCNc1cc(OC)c(F)cc1[N+](=O)[O-]. The molecule has 0 radical (unpaired) electrons. The molecule has 0 spiro atoms. The lowest BCUT2D eigenvalue weighted by molar-refractivity contribution is -0.384. The van der Waals surface area contributed by atoms with Crippen LogP contribution in [0.1, 0.15) is 13.3 Å². The third kappa shape index (κ3) is 4.08. The number of carbonyl (C=O) groups is 1. The molecule has 0 saturated heterocycles. The Morgan fingerprint density at radius 1 is 1.50 bits per heavy atom. The Morgan fingerprint density at radius 2 is 2.20 bits per heavy atom. The molecule has 0 aromatic heterocycles. The average molecular weight is 286 g/mol. The molecule has 7 nitrogen and oxygen atoms in total. The Kier molecular flexibility index (Phi) is 5.70. The van der Waals surface area contributed by atoms with Crippen LogP contribution in [0.3, 0.4) is 0 Å². The Morgan fingerprint density at radius 3 is 2.75 bits per heavy atom. The van der Waals surface area contributed by atoms with E-state index in [1.165, 1.54) is 13.2 Å². The lowest BCUT2D eigenvalue weighted by atomic mass is 10.2. The number of ether oxygens (including phenoxy) is 2. The zero-order valence-electron chi connectivity index (χ0n) is 11.1. The molecule has 0 unspecified atom stereocenters. The van der Waals surface area contributed by atoms with Crippen molar-refractivity contribution in [1.29, 1.82) is 0 Å². The van der Waals surface area contributed by atoms with Gasteiger partial charge in [-0.15, -0.1) is 0 Å². The summed E-state index contributed by atoms with van der Waals surface area (Å²) in [4.78, 5) is 21.3. The smallest absolute Gasteiger partial charge is 0.307 e. The van der Waals surface area contributed by atoms with Crippen LogP contribution < -0.4 is 10.1 Å². The highest BCUT2D eigenvalue weighted by molar-refractivity contribution is 5.71. The number of hydrogen-bond donors (Lipinski definition) is 1. The maximum absolute atomic E-state index is 13.4. The summed E-state index contributed by atoms with van der Waals surface area (Å²) in [6, 6.07) is 1.95. The van der Waals surface area contributed by atoms with Gasteiger partial charge in [0.15, 0.2) is 11.6 Å². The van der Waals surface area contributed by atoms with Gasteiger partial charge in [0, 0.05) is 12.6 Å².